The zero-order valence-corrected chi connectivity index (χ0v) is 9.87. The van der Waals surface area contributed by atoms with Crippen LogP contribution in [-0.2, 0) is 9.47 Å². The summed E-state index contributed by atoms with van der Waals surface area (Å²) in [6.07, 6.45) is 8.74. The summed E-state index contributed by atoms with van der Waals surface area (Å²) in [5.74, 6) is 0. The van der Waals surface area contributed by atoms with Gasteiger partial charge in [0.25, 0.3) is 0 Å². The zero-order chi connectivity index (χ0) is 11.4. The zero-order valence-electron chi connectivity index (χ0n) is 9.87. The molecule has 0 heterocycles. The lowest BCUT2D eigenvalue weighted by Gasteiger charge is -2.07. The monoisotopic (exact) mass is 213 g/mol. The lowest BCUT2D eigenvalue weighted by molar-refractivity contribution is 0.0998. The van der Waals surface area contributed by atoms with Crippen LogP contribution in [0, 0.1) is 5.41 Å². The van der Waals surface area contributed by atoms with Gasteiger partial charge in [0, 0.05) is 12.8 Å². The first-order valence-corrected chi connectivity index (χ1v) is 5.64. The van der Waals surface area contributed by atoms with E-state index in [0.29, 0.717) is 13.2 Å². The average molecular weight is 213 g/mol. The van der Waals surface area contributed by atoms with Gasteiger partial charge in [0.15, 0.2) is 0 Å². The molecular formula is C12H23NO2. The number of unbranched alkanes of at least 4 members (excludes halogenated alkanes) is 1. The summed E-state index contributed by atoms with van der Waals surface area (Å²) in [5, 5.41) is 6.82. The minimum atomic E-state index is 0.179. The Morgan fingerprint density at radius 2 is 2.07 bits per heavy atom. The van der Waals surface area contributed by atoms with Crippen molar-refractivity contribution in [1.82, 2.24) is 0 Å². The van der Waals surface area contributed by atoms with E-state index in [4.69, 9.17) is 14.9 Å². The van der Waals surface area contributed by atoms with Crippen molar-refractivity contribution in [2.75, 3.05) is 19.8 Å². The van der Waals surface area contributed by atoms with E-state index in [0.717, 1.165) is 19.4 Å². The van der Waals surface area contributed by atoms with E-state index in [-0.39, 0.29) is 6.10 Å². The second-order valence-corrected chi connectivity index (χ2v) is 3.48. The summed E-state index contributed by atoms with van der Waals surface area (Å²) in [4.78, 5) is 0. The van der Waals surface area contributed by atoms with Crippen molar-refractivity contribution in [2.45, 2.75) is 39.2 Å². The Kier molecular flexibility index (Phi) is 10.9. The second kappa shape index (κ2) is 11.4. The van der Waals surface area contributed by atoms with Crippen LogP contribution in [-0.4, -0.2) is 32.1 Å². The lowest BCUT2D eigenvalue weighted by atomic mass is 10.2. The highest BCUT2D eigenvalue weighted by Gasteiger charge is 1.96. The largest absolute Gasteiger partial charge is 0.377 e. The summed E-state index contributed by atoms with van der Waals surface area (Å²) >= 11 is 0. The highest BCUT2D eigenvalue weighted by Crippen LogP contribution is 1.97. The Labute approximate surface area is 93.0 Å². The Hall–Kier alpha value is -0.670. The number of ether oxygens (including phenoxy) is 2. The van der Waals surface area contributed by atoms with Gasteiger partial charge < -0.3 is 14.9 Å². The van der Waals surface area contributed by atoms with Gasteiger partial charge in [0.05, 0.1) is 19.3 Å². The molecule has 0 aliphatic heterocycles. The molecule has 0 aliphatic rings. The molecule has 3 nitrogen and oxygen atoms in total. The van der Waals surface area contributed by atoms with Gasteiger partial charge in [-0.2, -0.15) is 0 Å². The molecule has 0 unspecified atom stereocenters. The predicted octanol–water partition coefficient (Wildman–Crippen LogP) is 2.80. The van der Waals surface area contributed by atoms with Crippen molar-refractivity contribution in [3.8, 4) is 0 Å². The fourth-order valence-corrected chi connectivity index (χ4v) is 1.03. The van der Waals surface area contributed by atoms with Gasteiger partial charge in [0.2, 0.25) is 0 Å². The van der Waals surface area contributed by atoms with Crippen molar-refractivity contribution in [2.24, 2.45) is 0 Å². The molecular weight excluding hydrogens is 190 g/mol. The molecule has 0 saturated heterocycles. The van der Waals surface area contributed by atoms with Crippen LogP contribution >= 0.6 is 0 Å². The highest BCUT2D eigenvalue weighted by atomic mass is 16.5. The van der Waals surface area contributed by atoms with Gasteiger partial charge in [-0.1, -0.05) is 25.5 Å². The number of rotatable bonds is 10. The van der Waals surface area contributed by atoms with E-state index in [9.17, 15) is 0 Å². The highest BCUT2D eigenvalue weighted by molar-refractivity contribution is 5.54. The maximum atomic E-state index is 6.82. The number of hydrogen-bond acceptors (Lipinski definition) is 3. The summed E-state index contributed by atoms with van der Waals surface area (Å²) < 4.78 is 10.7. The smallest absolute Gasteiger partial charge is 0.0815 e. The third kappa shape index (κ3) is 11.3. The van der Waals surface area contributed by atoms with Crippen LogP contribution in [0.25, 0.3) is 0 Å². The fourth-order valence-electron chi connectivity index (χ4n) is 1.03. The van der Waals surface area contributed by atoms with Gasteiger partial charge in [0.1, 0.15) is 0 Å². The van der Waals surface area contributed by atoms with E-state index < -0.39 is 0 Å². The fraction of sp³-hybridized carbons (Fsp3) is 0.750. The second-order valence-electron chi connectivity index (χ2n) is 3.48. The van der Waals surface area contributed by atoms with E-state index in [1.54, 1.807) is 0 Å². The minimum Gasteiger partial charge on any atom is -0.377 e. The van der Waals surface area contributed by atoms with Crippen LogP contribution in [0.1, 0.15) is 33.1 Å². The van der Waals surface area contributed by atoms with Gasteiger partial charge in [-0.15, -0.1) is 0 Å². The van der Waals surface area contributed by atoms with Gasteiger partial charge in [-0.25, -0.2) is 0 Å². The first-order valence-electron chi connectivity index (χ1n) is 5.64. The molecule has 3 heteroatoms. The van der Waals surface area contributed by atoms with Crippen LogP contribution in [0.3, 0.4) is 0 Å². The first kappa shape index (κ1) is 14.3. The molecule has 15 heavy (non-hydrogen) atoms. The molecule has 0 aromatic carbocycles. The third-order valence-electron chi connectivity index (χ3n) is 1.96. The molecule has 0 aromatic rings. The predicted molar refractivity (Wildman–Crippen MR) is 63.7 cm³/mol. The Balaban J connectivity index is 3.25. The van der Waals surface area contributed by atoms with Gasteiger partial charge in [-0.3, -0.25) is 0 Å². The molecule has 0 rings (SSSR count). The Morgan fingerprint density at radius 1 is 1.27 bits per heavy atom. The third-order valence-corrected chi connectivity index (χ3v) is 1.96. The van der Waals surface area contributed by atoms with Crippen LogP contribution < -0.4 is 0 Å². The van der Waals surface area contributed by atoms with Crippen LogP contribution in [0.2, 0.25) is 0 Å². The molecule has 1 N–H and O–H groups in total. The van der Waals surface area contributed by atoms with Crippen molar-refractivity contribution >= 4 is 6.21 Å². The quantitative estimate of drug-likeness (QED) is 0.344. The van der Waals surface area contributed by atoms with Crippen LogP contribution in [0.15, 0.2) is 12.2 Å². The summed E-state index contributed by atoms with van der Waals surface area (Å²) in [6, 6.07) is 0. The summed E-state index contributed by atoms with van der Waals surface area (Å²) in [5.41, 5.74) is 0. The number of hydrogen-bond donors (Lipinski definition) is 1. The van der Waals surface area contributed by atoms with Crippen molar-refractivity contribution in [3.05, 3.63) is 12.2 Å². The average Bonchev–Trinajstić information content (AvgIpc) is 2.25. The Morgan fingerprint density at radius 3 is 2.73 bits per heavy atom. The van der Waals surface area contributed by atoms with Crippen LogP contribution in [0.5, 0.6) is 0 Å². The van der Waals surface area contributed by atoms with Crippen molar-refractivity contribution < 1.29 is 9.47 Å². The summed E-state index contributed by atoms with van der Waals surface area (Å²) in [6.45, 7) is 6.10. The molecule has 0 radical (unpaired) electrons. The topological polar surface area (TPSA) is 42.3 Å². The molecule has 0 spiro atoms. The standard InChI is InChI=1S/C12H23NO2/c1-3-4-9-14-10-6-5-7-12(2)15-11-8-13/h5-6,8,12-13H,3-4,7,9-11H2,1-2H3/b6-5-,13-8?/t12-/m0/s1. The minimum absolute atomic E-state index is 0.179. The van der Waals surface area contributed by atoms with Crippen molar-refractivity contribution in [3.63, 3.8) is 0 Å². The summed E-state index contributed by atoms with van der Waals surface area (Å²) in [7, 11) is 0. The number of nitrogens with one attached hydrogen (secondary N) is 1. The lowest BCUT2D eigenvalue weighted by Crippen LogP contribution is -2.08. The van der Waals surface area contributed by atoms with E-state index >= 15 is 0 Å². The van der Waals surface area contributed by atoms with E-state index in [1.165, 1.54) is 12.6 Å². The van der Waals surface area contributed by atoms with Gasteiger partial charge >= 0.3 is 0 Å². The molecule has 88 valence electrons. The first-order chi connectivity index (χ1) is 7.31. The molecule has 0 fully saturated rings. The normalized spacial score (nSPS) is 13.2. The molecule has 0 bridgehead atoms. The molecule has 0 aromatic heterocycles. The molecule has 1 atom stereocenters. The SMILES string of the molecule is CCCCOC/C=C\C[C@H](C)OCC=N. The van der Waals surface area contributed by atoms with Gasteiger partial charge in [-0.05, 0) is 19.8 Å². The van der Waals surface area contributed by atoms with Crippen LogP contribution in [0.4, 0.5) is 0 Å². The maximum absolute atomic E-state index is 6.82. The molecule has 0 amide bonds. The maximum Gasteiger partial charge on any atom is 0.0815 e. The van der Waals surface area contributed by atoms with E-state index in [1.807, 2.05) is 13.0 Å². The van der Waals surface area contributed by atoms with Crippen molar-refractivity contribution in [1.29, 1.82) is 5.41 Å². The molecule has 0 aliphatic carbocycles. The molecule has 0 saturated carbocycles. The van der Waals surface area contributed by atoms with E-state index in [2.05, 4.69) is 13.0 Å². The Bertz CT molecular complexity index is 169.